The SMILES string of the molecule is CCCCCCOCCCCc1ccc(Cl)cc1. The summed E-state index contributed by atoms with van der Waals surface area (Å²) in [4.78, 5) is 0. The van der Waals surface area contributed by atoms with Gasteiger partial charge < -0.3 is 4.74 Å². The van der Waals surface area contributed by atoms with Gasteiger partial charge in [0.15, 0.2) is 0 Å². The third kappa shape index (κ3) is 7.73. The van der Waals surface area contributed by atoms with Crippen LogP contribution in [0, 0.1) is 0 Å². The number of unbranched alkanes of at least 4 members (excludes halogenated alkanes) is 4. The summed E-state index contributed by atoms with van der Waals surface area (Å²) in [6, 6.07) is 8.13. The molecule has 0 unspecified atom stereocenters. The molecule has 2 heteroatoms. The molecule has 1 rings (SSSR count). The van der Waals surface area contributed by atoms with Gasteiger partial charge in [0, 0.05) is 18.2 Å². The second kappa shape index (κ2) is 10.4. The van der Waals surface area contributed by atoms with E-state index < -0.39 is 0 Å². The molecule has 1 aromatic carbocycles. The Hall–Kier alpha value is -0.530. The summed E-state index contributed by atoms with van der Waals surface area (Å²) in [6.07, 6.45) is 8.61. The third-order valence-corrected chi connectivity index (χ3v) is 3.31. The molecule has 0 bridgehead atoms. The topological polar surface area (TPSA) is 9.23 Å². The number of halogens is 1. The lowest BCUT2D eigenvalue weighted by molar-refractivity contribution is 0.126. The van der Waals surface area contributed by atoms with Crippen molar-refractivity contribution in [1.29, 1.82) is 0 Å². The van der Waals surface area contributed by atoms with Crippen LogP contribution in [-0.2, 0) is 11.2 Å². The van der Waals surface area contributed by atoms with Crippen molar-refractivity contribution < 1.29 is 4.74 Å². The first-order chi connectivity index (χ1) is 8.83. The lowest BCUT2D eigenvalue weighted by atomic mass is 10.1. The molecule has 0 aliphatic rings. The lowest BCUT2D eigenvalue weighted by Crippen LogP contribution is -1.98. The Morgan fingerprint density at radius 3 is 2.22 bits per heavy atom. The van der Waals surface area contributed by atoms with Crippen LogP contribution in [0.25, 0.3) is 0 Å². The van der Waals surface area contributed by atoms with Gasteiger partial charge in [-0.2, -0.15) is 0 Å². The van der Waals surface area contributed by atoms with Gasteiger partial charge >= 0.3 is 0 Å². The van der Waals surface area contributed by atoms with Crippen molar-refractivity contribution >= 4 is 11.6 Å². The summed E-state index contributed by atoms with van der Waals surface area (Å²) in [7, 11) is 0. The quantitative estimate of drug-likeness (QED) is 0.526. The van der Waals surface area contributed by atoms with Crippen LogP contribution in [0.5, 0.6) is 0 Å². The average molecular weight is 269 g/mol. The van der Waals surface area contributed by atoms with Gasteiger partial charge in [0.1, 0.15) is 0 Å². The fraction of sp³-hybridized carbons (Fsp3) is 0.625. The molecule has 1 nitrogen and oxygen atoms in total. The summed E-state index contributed by atoms with van der Waals surface area (Å²) in [5, 5.41) is 0.814. The maximum Gasteiger partial charge on any atom is 0.0466 e. The van der Waals surface area contributed by atoms with Crippen molar-refractivity contribution in [3.8, 4) is 0 Å². The fourth-order valence-corrected chi connectivity index (χ4v) is 2.04. The molecule has 18 heavy (non-hydrogen) atoms. The van der Waals surface area contributed by atoms with Crippen molar-refractivity contribution in [2.75, 3.05) is 13.2 Å². The van der Waals surface area contributed by atoms with E-state index in [1.807, 2.05) is 12.1 Å². The Morgan fingerprint density at radius 1 is 0.889 bits per heavy atom. The second-order valence-corrected chi connectivity index (χ2v) is 5.19. The molecule has 0 aliphatic heterocycles. The molecule has 102 valence electrons. The standard InChI is InChI=1S/C16H25ClO/c1-2-3-4-6-13-18-14-7-5-8-15-9-11-16(17)12-10-15/h9-12H,2-8,13-14H2,1H3. The predicted molar refractivity (Wildman–Crippen MR) is 79.4 cm³/mol. The van der Waals surface area contributed by atoms with Crippen LogP contribution in [-0.4, -0.2) is 13.2 Å². The minimum Gasteiger partial charge on any atom is -0.381 e. The van der Waals surface area contributed by atoms with E-state index in [4.69, 9.17) is 16.3 Å². The molecule has 0 saturated carbocycles. The molecule has 1 aromatic rings. The van der Waals surface area contributed by atoms with Gasteiger partial charge in [-0.1, -0.05) is 49.9 Å². The van der Waals surface area contributed by atoms with E-state index in [1.165, 1.54) is 37.7 Å². The zero-order valence-corrected chi connectivity index (χ0v) is 12.2. The number of ether oxygens (including phenoxy) is 1. The fourth-order valence-electron chi connectivity index (χ4n) is 1.92. The Labute approximate surface area is 116 Å². The van der Waals surface area contributed by atoms with Gasteiger partial charge in [-0.25, -0.2) is 0 Å². The van der Waals surface area contributed by atoms with Crippen LogP contribution in [0.3, 0.4) is 0 Å². The molecule has 0 N–H and O–H groups in total. The summed E-state index contributed by atoms with van der Waals surface area (Å²) < 4.78 is 5.62. The predicted octanol–water partition coefficient (Wildman–Crippen LogP) is 5.26. The lowest BCUT2D eigenvalue weighted by Gasteiger charge is -2.04. The monoisotopic (exact) mass is 268 g/mol. The zero-order valence-electron chi connectivity index (χ0n) is 11.5. The Morgan fingerprint density at radius 2 is 1.56 bits per heavy atom. The zero-order chi connectivity index (χ0) is 13.1. The number of aryl methyl sites for hydroxylation is 1. The van der Waals surface area contributed by atoms with Crippen LogP contribution in [0.4, 0.5) is 0 Å². The number of benzene rings is 1. The third-order valence-electron chi connectivity index (χ3n) is 3.06. The van der Waals surface area contributed by atoms with Crippen molar-refractivity contribution in [2.45, 2.75) is 51.9 Å². The molecule has 0 spiro atoms. The molecule has 0 atom stereocenters. The normalized spacial score (nSPS) is 10.8. The number of hydrogen-bond acceptors (Lipinski definition) is 1. The molecular weight excluding hydrogens is 244 g/mol. The van der Waals surface area contributed by atoms with Gasteiger partial charge in [-0.05, 0) is 43.4 Å². The molecule has 0 aliphatic carbocycles. The molecule has 0 aromatic heterocycles. The van der Waals surface area contributed by atoms with E-state index in [1.54, 1.807) is 0 Å². The van der Waals surface area contributed by atoms with Crippen LogP contribution >= 0.6 is 11.6 Å². The summed E-state index contributed by atoms with van der Waals surface area (Å²) in [5.41, 5.74) is 1.36. The molecule has 0 saturated heterocycles. The largest absolute Gasteiger partial charge is 0.381 e. The first kappa shape index (κ1) is 15.5. The highest BCUT2D eigenvalue weighted by Crippen LogP contribution is 2.11. The maximum absolute atomic E-state index is 5.85. The van der Waals surface area contributed by atoms with Crippen LogP contribution in [0.15, 0.2) is 24.3 Å². The molecular formula is C16H25ClO. The molecule has 0 fully saturated rings. The highest BCUT2D eigenvalue weighted by Gasteiger charge is 1.95. The Balaban J connectivity index is 1.91. The van der Waals surface area contributed by atoms with Crippen LogP contribution in [0.2, 0.25) is 5.02 Å². The second-order valence-electron chi connectivity index (χ2n) is 4.76. The summed E-state index contributed by atoms with van der Waals surface area (Å²) in [6.45, 7) is 4.07. The highest BCUT2D eigenvalue weighted by molar-refractivity contribution is 6.30. The minimum absolute atomic E-state index is 0.814. The van der Waals surface area contributed by atoms with Crippen molar-refractivity contribution in [2.24, 2.45) is 0 Å². The first-order valence-corrected chi connectivity index (χ1v) is 7.53. The van der Waals surface area contributed by atoms with Gasteiger partial charge in [0.05, 0.1) is 0 Å². The van der Waals surface area contributed by atoms with E-state index in [0.717, 1.165) is 31.1 Å². The van der Waals surface area contributed by atoms with E-state index in [2.05, 4.69) is 19.1 Å². The Bertz CT molecular complexity index is 294. The van der Waals surface area contributed by atoms with Gasteiger partial charge in [0.2, 0.25) is 0 Å². The highest BCUT2D eigenvalue weighted by atomic mass is 35.5. The average Bonchev–Trinajstić information content (AvgIpc) is 2.39. The van der Waals surface area contributed by atoms with Crippen LogP contribution in [0.1, 0.15) is 51.0 Å². The maximum atomic E-state index is 5.85. The smallest absolute Gasteiger partial charge is 0.0466 e. The summed E-state index contributed by atoms with van der Waals surface area (Å²) >= 11 is 5.85. The van der Waals surface area contributed by atoms with E-state index in [9.17, 15) is 0 Å². The minimum atomic E-state index is 0.814. The van der Waals surface area contributed by atoms with E-state index >= 15 is 0 Å². The number of rotatable bonds is 10. The van der Waals surface area contributed by atoms with Gasteiger partial charge in [-0.15, -0.1) is 0 Å². The molecule has 0 radical (unpaired) electrons. The molecule has 0 amide bonds. The van der Waals surface area contributed by atoms with E-state index in [-0.39, 0.29) is 0 Å². The van der Waals surface area contributed by atoms with Gasteiger partial charge in [0.25, 0.3) is 0 Å². The van der Waals surface area contributed by atoms with Crippen LogP contribution < -0.4 is 0 Å². The van der Waals surface area contributed by atoms with E-state index in [0.29, 0.717) is 0 Å². The Kier molecular flexibility index (Phi) is 8.97. The van der Waals surface area contributed by atoms with Crippen molar-refractivity contribution in [3.63, 3.8) is 0 Å². The first-order valence-electron chi connectivity index (χ1n) is 7.15. The van der Waals surface area contributed by atoms with Gasteiger partial charge in [-0.3, -0.25) is 0 Å². The summed E-state index contributed by atoms with van der Waals surface area (Å²) in [5.74, 6) is 0. The van der Waals surface area contributed by atoms with Crippen molar-refractivity contribution in [1.82, 2.24) is 0 Å². The van der Waals surface area contributed by atoms with Crippen molar-refractivity contribution in [3.05, 3.63) is 34.9 Å². The number of hydrogen-bond donors (Lipinski definition) is 0. The molecule has 0 heterocycles.